The Morgan fingerprint density at radius 1 is 1.05 bits per heavy atom. The third-order valence-corrected chi connectivity index (χ3v) is 3.14. The Labute approximate surface area is 120 Å². The topological polar surface area (TPSA) is 35.2 Å². The van der Waals surface area contributed by atoms with Crippen molar-refractivity contribution >= 4 is 17.3 Å². The summed E-state index contributed by atoms with van der Waals surface area (Å²) < 4.78 is 5.13. The molecule has 2 rings (SSSR count). The number of para-hydroxylation sites is 1. The van der Waals surface area contributed by atoms with Gasteiger partial charge in [0.15, 0.2) is 0 Å². The van der Waals surface area contributed by atoms with E-state index in [1.54, 1.807) is 7.11 Å². The summed E-state index contributed by atoms with van der Waals surface area (Å²) in [5.74, 6) is 0.867. The minimum Gasteiger partial charge on any atom is -0.497 e. The fraction of sp³-hybridized carbons (Fsp3) is 0.111. The number of nitrogens with two attached hydrogens (primary N) is 1. The highest BCUT2D eigenvalue weighted by molar-refractivity contribution is 5.75. The fourth-order valence-corrected chi connectivity index (χ4v) is 1.96. The molecule has 0 aromatic heterocycles. The zero-order valence-electron chi connectivity index (χ0n) is 11.8. The first kappa shape index (κ1) is 13.9. The Balaban J connectivity index is 2.11. The van der Waals surface area contributed by atoms with Crippen LogP contribution in [0.15, 0.2) is 60.7 Å². The van der Waals surface area contributed by atoms with Crippen molar-refractivity contribution in [1.82, 2.24) is 0 Å². The number of anilines is 1. The van der Waals surface area contributed by atoms with Gasteiger partial charge in [-0.15, -0.1) is 0 Å². The van der Waals surface area contributed by atoms with Crippen molar-refractivity contribution in [1.29, 1.82) is 0 Å². The van der Waals surface area contributed by atoms with E-state index in [1.165, 1.54) is 0 Å². The molecule has 2 N–H and O–H groups in total. The maximum atomic E-state index is 5.96. The summed E-state index contributed by atoms with van der Waals surface area (Å²) in [6.07, 6.45) is 6.15. The minimum absolute atomic E-state index is 0.805. The molecular formula is C18H19NO. The molecule has 0 bridgehead atoms. The van der Waals surface area contributed by atoms with Crippen LogP contribution in [0.1, 0.15) is 18.1 Å². The lowest BCUT2D eigenvalue weighted by molar-refractivity contribution is 0.415. The van der Waals surface area contributed by atoms with Gasteiger partial charge in [-0.3, -0.25) is 0 Å². The second-order valence-corrected chi connectivity index (χ2v) is 4.57. The van der Waals surface area contributed by atoms with Crippen LogP contribution in [0, 0.1) is 0 Å². The predicted octanol–water partition coefficient (Wildman–Crippen LogP) is 4.39. The monoisotopic (exact) mass is 265 g/mol. The fourth-order valence-electron chi connectivity index (χ4n) is 1.96. The van der Waals surface area contributed by atoms with Crippen LogP contribution in [0.5, 0.6) is 5.75 Å². The molecule has 0 aliphatic carbocycles. The number of methoxy groups -OCH3 is 1. The lowest BCUT2D eigenvalue weighted by atomic mass is 10.0. The maximum Gasteiger partial charge on any atom is 0.118 e. The minimum atomic E-state index is 0.805. The van der Waals surface area contributed by atoms with Crippen LogP contribution in [0.25, 0.3) is 11.6 Å². The molecule has 0 unspecified atom stereocenters. The van der Waals surface area contributed by atoms with Crippen molar-refractivity contribution in [3.8, 4) is 5.75 Å². The number of allylic oxidation sites excluding steroid dienone is 3. The van der Waals surface area contributed by atoms with E-state index in [0.29, 0.717) is 0 Å². The smallest absolute Gasteiger partial charge is 0.118 e. The number of ether oxygens (including phenoxy) is 1. The van der Waals surface area contributed by atoms with E-state index in [2.05, 4.69) is 19.1 Å². The first-order valence-electron chi connectivity index (χ1n) is 6.54. The Bertz CT molecular complexity index is 624. The summed E-state index contributed by atoms with van der Waals surface area (Å²) in [6, 6.07) is 15.8. The third-order valence-electron chi connectivity index (χ3n) is 3.14. The number of benzene rings is 2. The van der Waals surface area contributed by atoms with Crippen LogP contribution in [0.3, 0.4) is 0 Å². The third kappa shape index (κ3) is 3.51. The molecule has 0 fully saturated rings. The van der Waals surface area contributed by atoms with Crippen LogP contribution in [0.2, 0.25) is 0 Å². The lowest BCUT2D eigenvalue weighted by Crippen LogP contribution is -1.90. The summed E-state index contributed by atoms with van der Waals surface area (Å²) in [7, 11) is 1.67. The largest absolute Gasteiger partial charge is 0.497 e. The Hall–Kier alpha value is -2.48. The average Bonchev–Trinajstić information content (AvgIpc) is 2.48. The van der Waals surface area contributed by atoms with E-state index in [0.717, 1.165) is 28.1 Å². The van der Waals surface area contributed by atoms with Crippen LogP contribution in [0.4, 0.5) is 5.69 Å². The van der Waals surface area contributed by atoms with Crippen LogP contribution < -0.4 is 10.5 Å². The molecule has 2 aromatic rings. The van der Waals surface area contributed by atoms with Crippen molar-refractivity contribution in [2.24, 2.45) is 0 Å². The molecule has 0 amide bonds. The first-order valence-corrected chi connectivity index (χ1v) is 6.54. The van der Waals surface area contributed by atoms with Gasteiger partial charge >= 0.3 is 0 Å². The van der Waals surface area contributed by atoms with Crippen molar-refractivity contribution < 1.29 is 4.74 Å². The number of hydrogen-bond donors (Lipinski definition) is 1. The van der Waals surface area contributed by atoms with E-state index < -0.39 is 0 Å². The zero-order chi connectivity index (χ0) is 14.4. The lowest BCUT2D eigenvalue weighted by Gasteiger charge is -2.04. The molecule has 0 spiro atoms. The van der Waals surface area contributed by atoms with E-state index in [1.807, 2.05) is 54.6 Å². The second-order valence-electron chi connectivity index (χ2n) is 4.57. The van der Waals surface area contributed by atoms with Gasteiger partial charge < -0.3 is 10.5 Å². The van der Waals surface area contributed by atoms with E-state index in [4.69, 9.17) is 10.5 Å². The molecular weight excluding hydrogens is 246 g/mol. The van der Waals surface area contributed by atoms with Gasteiger partial charge in [-0.25, -0.2) is 0 Å². The number of rotatable bonds is 4. The van der Waals surface area contributed by atoms with Gasteiger partial charge in [-0.05, 0) is 36.3 Å². The van der Waals surface area contributed by atoms with Crippen LogP contribution in [-0.2, 0) is 0 Å². The Morgan fingerprint density at radius 2 is 1.75 bits per heavy atom. The molecule has 0 aliphatic rings. The van der Waals surface area contributed by atoms with Gasteiger partial charge in [0.2, 0.25) is 0 Å². The van der Waals surface area contributed by atoms with Crippen LogP contribution >= 0.6 is 0 Å². The molecule has 0 heterocycles. The molecule has 2 aromatic carbocycles. The molecule has 20 heavy (non-hydrogen) atoms. The molecule has 0 saturated heterocycles. The summed E-state index contributed by atoms with van der Waals surface area (Å²) in [4.78, 5) is 0. The molecule has 102 valence electrons. The number of nitrogen functional groups attached to an aromatic ring is 1. The zero-order valence-corrected chi connectivity index (χ0v) is 11.8. The second kappa shape index (κ2) is 6.62. The quantitative estimate of drug-likeness (QED) is 0.657. The van der Waals surface area contributed by atoms with Gasteiger partial charge in [-0.2, -0.15) is 0 Å². The molecule has 0 atom stereocenters. The van der Waals surface area contributed by atoms with Gasteiger partial charge in [0.1, 0.15) is 5.75 Å². The van der Waals surface area contributed by atoms with Crippen molar-refractivity contribution in [2.45, 2.75) is 6.92 Å². The summed E-state index contributed by atoms with van der Waals surface area (Å²) in [6.45, 7) is 2.06. The predicted molar refractivity (Wildman–Crippen MR) is 86.5 cm³/mol. The maximum absolute atomic E-state index is 5.96. The first-order chi connectivity index (χ1) is 9.70. The Morgan fingerprint density at radius 3 is 2.40 bits per heavy atom. The highest BCUT2D eigenvalue weighted by Gasteiger charge is 1.98. The van der Waals surface area contributed by atoms with Gasteiger partial charge in [-0.1, -0.05) is 48.6 Å². The molecule has 0 radical (unpaired) electrons. The van der Waals surface area contributed by atoms with E-state index in [9.17, 15) is 0 Å². The van der Waals surface area contributed by atoms with Gasteiger partial charge in [0.25, 0.3) is 0 Å². The molecule has 2 nitrogen and oxygen atoms in total. The number of hydrogen-bond acceptors (Lipinski definition) is 2. The molecule has 0 saturated carbocycles. The van der Waals surface area contributed by atoms with Crippen molar-refractivity contribution in [3.63, 3.8) is 0 Å². The normalized spacial score (nSPS) is 11.8. The van der Waals surface area contributed by atoms with E-state index >= 15 is 0 Å². The van der Waals surface area contributed by atoms with Gasteiger partial charge in [0, 0.05) is 11.3 Å². The molecule has 2 heteroatoms. The van der Waals surface area contributed by atoms with Crippen molar-refractivity contribution in [3.05, 3.63) is 71.8 Å². The SMILES string of the molecule is COc1ccc(/C=C/C=C(/C)c2ccccc2N)cc1. The summed E-state index contributed by atoms with van der Waals surface area (Å²) >= 11 is 0. The van der Waals surface area contributed by atoms with E-state index in [-0.39, 0.29) is 0 Å². The van der Waals surface area contributed by atoms with Crippen molar-refractivity contribution in [2.75, 3.05) is 12.8 Å². The highest BCUT2D eigenvalue weighted by Crippen LogP contribution is 2.20. The average molecular weight is 265 g/mol. The Kier molecular flexibility index (Phi) is 4.61. The standard InChI is InChI=1S/C18H19NO/c1-14(17-8-3-4-9-18(17)19)6-5-7-15-10-12-16(20-2)13-11-15/h3-13H,19H2,1-2H3/b7-5+,14-6-. The highest BCUT2D eigenvalue weighted by atomic mass is 16.5. The summed E-state index contributed by atoms with van der Waals surface area (Å²) in [5.41, 5.74) is 10.1. The van der Waals surface area contributed by atoms with Gasteiger partial charge in [0.05, 0.1) is 7.11 Å². The molecule has 0 aliphatic heterocycles. The van der Waals surface area contributed by atoms with Crippen LogP contribution in [-0.4, -0.2) is 7.11 Å². The summed E-state index contributed by atoms with van der Waals surface area (Å²) in [5, 5.41) is 0.